The van der Waals surface area contributed by atoms with Gasteiger partial charge in [-0.25, -0.2) is 0 Å². The first-order valence-corrected chi connectivity index (χ1v) is 8.29. The number of primary amides is 1. The van der Waals surface area contributed by atoms with E-state index in [2.05, 4.69) is 10.1 Å². The second kappa shape index (κ2) is 9.33. The number of halogens is 2. The number of carbonyl (C=O) groups is 2. The molecule has 1 fully saturated rings. The molecule has 0 aromatic heterocycles. The number of likely N-dealkylation sites (tertiary alicyclic amines) is 1. The predicted octanol–water partition coefficient (Wildman–Crippen LogP) is 1.11. The third kappa shape index (κ3) is 5.83. The van der Waals surface area contributed by atoms with Crippen molar-refractivity contribution in [3.05, 3.63) is 23.8 Å². The number of benzene rings is 1. The Bertz CT molecular complexity index is 642. The minimum Gasteiger partial charge on any atom is -0.493 e. The number of hydrogen-bond acceptors (Lipinski definition) is 5. The van der Waals surface area contributed by atoms with Crippen molar-refractivity contribution in [3.63, 3.8) is 0 Å². The molecule has 0 radical (unpaired) electrons. The number of methoxy groups -OCH3 is 1. The van der Waals surface area contributed by atoms with E-state index >= 15 is 0 Å². The smallest absolute Gasteiger partial charge is 0.387 e. The minimum atomic E-state index is -2.94. The molecule has 26 heavy (non-hydrogen) atoms. The molecule has 1 saturated heterocycles. The topological polar surface area (TPSA) is 93.9 Å². The number of nitrogens with two attached hydrogens (primary N) is 1. The molecule has 144 valence electrons. The van der Waals surface area contributed by atoms with Gasteiger partial charge in [0.15, 0.2) is 11.5 Å². The summed E-state index contributed by atoms with van der Waals surface area (Å²) in [7, 11) is 1.35. The molecule has 2 amide bonds. The molecule has 1 heterocycles. The van der Waals surface area contributed by atoms with Gasteiger partial charge in [0.05, 0.1) is 19.6 Å². The molecule has 3 N–H and O–H groups in total. The molecule has 1 aromatic rings. The number of piperidine rings is 1. The van der Waals surface area contributed by atoms with Gasteiger partial charge < -0.3 is 20.5 Å². The fourth-order valence-corrected chi connectivity index (χ4v) is 2.91. The van der Waals surface area contributed by atoms with Crippen molar-refractivity contribution < 1.29 is 27.8 Å². The highest BCUT2D eigenvalue weighted by Crippen LogP contribution is 2.29. The first-order chi connectivity index (χ1) is 12.4. The van der Waals surface area contributed by atoms with E-state index in [9.17, 15) is 18.4 Å². The Labute approximate surface area is 150 Å². The van der Waals surface area contributed by atoms with Crippen LogP contribution < -0.4 is 20.5 Å². The molecule has 1 atom stereocenters. The summed E-state index contributed by atoms with van der Waals surface area (Å²) in [4.78, 5) is 25.3. The fraction of sp³-hybridized carbons (Fsp3) is 0.529. The lowest BCUT2D eigenvalue weighted by molar-refractivity contribution is -0.126. The first-order valence-electron chi connectivity index (χ1n) is 8.29. The molecule has 9 heteroatoms. The quantitative estimate of drug-likeness (QED) is 0.714. The first kappa shape index (κ1) is 19.9. The standard InChI is InChI=1S/C17H23F2N3O4/c1-25-14-7-11(4-5-13(14)26-17(18)19)8-21-15(23)10-22-6-2-3-12(9-22)16(20)24/h4-5,7,12,17H,2-3,6,8-10H2,1H3,(H2,20,24)(H,21,23)/t12-/m1/s1. The molecule has 7 nitrogen and oxygen atoms in total. The molecule has 0 unspecified atom stereocenters. The summed E-state index contributed by atoms with van der Waals surface area (Å²) in [5.41, 5.74) is 6.01. The summed E-state index contributed by atoms with van der Waals surface area (Å²) >= 11 is 0. The van der Waals surface area contributed by atoms with E-state index in [1.54, 1.807) is 6.07 Å². The average Bonchev–Trinajstić information content (AvgIpc) is 2.60. The Morgan fingerprint density at radius 2 is 2.15 bits per heavy atom. The zero-order chi connectivity index (χ0) is 19.1. The van der Waals surface area contributed by atoms with Crippen molar-refractivity contribution in [2.24, 2.45) is 11.7 Å². The molecule has 0 bridgehead atoms. The SMILES string of the molecule is COc1cc(CNC(=O)CN2CCC[C@@H](C(N)=O)C2)ccc1OC(F)F. The molecule has 1 aromatic carbocycles. The lowest BCUT2D eigenvalue weighted by Gasteiger charge is -2.30. The van der Waals surface area contributed by atoms with Crippen molar-refractivity contribution >= 4 is 11.8 Å². The van der Waals surface area contributed by atoms with Crippen LogP contribution in [0.3, 0.4) is 0 Å². The molecule has 0 saturated carbocycles. The van der Waals surface area contributed by atoms with Gasteiger partial charge in [0.1, 0.15) is 0 Å². The monoisotopic (exact) mass is 371 g/mol. The normalized spacial score (nSPS) is 17.8. The Kier molecular flexibility index (Phi) is 7.14. The van der Waals surface area contributed by atoms with Crippen LogP contribution in [0.1, 0.15) is 18.4 Å². The van der Waals surface area contributed by atoms with Gasteiger partial charge in [-0.05, 0) is 37.1 Å². The Morgan fingerprint density at radius 1 is 1.38 bits per heavy atom. The second-order valence-electron chi connectivity index (χ2n) is 6.12. The van der Waals surface area contributed by atoms with E-state index in [0.717, 1.165) is 19.4 Å². The highest BCUT2D eigenvalue weighted by Gasteiger charge is 2.25. The van der Waals surface area contributed by atoms with E-state index < -0.39 is 6.61 Å². The third-order valence-corrected chi connectivity index (χ3v) is 4.21. The summed E-state index contributed by atoms with van der Waals surface area (Å²) in [6.45, 7) is -1.32. The van der Waals surface area contributed by atoms with Gasteiger partial charge in [0.25, 0.3) is 0 Å². The van der Waals surface area contributed by atoms with Gasteiger partial charge in [0.2, 0.25) is 11.8 Å². The van der Waals surface area contributed by atoms with E-state index in [-0.39, 0.29) is 42.3 Å². The molecule has 0 spiro atoms. The lowest BCUT2D eigenvalue weighted by Crippen LogP contribution is -2.45. The number of nitrogens with zero attached hydrogens (tertiary/aromatic N) is 1. The van der Waals surface area contributed by atoms with Crippen molar-refractivity contribution in [2.75, 3.05) is 26.7 Å². The van der Waals surface area contributed by atoms with Crippen molar-refractivity contribution in [3.8, 4) is 11.5 Å². The number of carbonyl (C=O) groups excluding carboxylic acids is 2. The average molecular weight is 371 g/mol. The van der Waals surface area contributed by atoms with E-state index in [0.29, 0.717) is 12.1 Å². The number of rotatable bonds is 8. The van der Waals surface area contributed by atoms with Crippen LogP contribution in [-0.4, -0.2) is 50.1 Å². The molecule has 1 aliphatic heterocycles. The highest BCUT2D eigenvalue weighted by molar-refractivity contribution is 5.79. The summed E-state index contributed by atoms with van der Waals surface area (Å²) < 4.78 is 34.0. The van der Waals surface area contributed by atoms with Crippen molar-refractivity contribution in [2.45, 2.75) is 26.0 Å². The molecular formula is C17H23F2N3O4. The molecule has 0 aliphatic carbocycles. The van der Waals surface area contributed by atoms with Crippen LogP contribution >= 0.6 is 0 Å². The lowest BCUT2D eigenvalue weighted by atomic mass is 9.97. The zero-order valence-corrected chi connectivity index (χ0v) is 14.5. The van der Waals surface area contributed by atoms with Crippen LogP contribution in [-0.2, 0) is 16.1 Å². The van der Waals surface area contributed by atoms with Gasteiger partial charge >= 0.3 is 6.61 Å². The Hall–Kier alpha value is -2.42. The Morgan fingerprint density at radius 3 is 2.81 bits per heavy atom. The molecular weight excluding hydrogens is 348 g/mol. The maximum atomic E-state index is 12.3. The maximum absolute atomic E-state index is 12.3. The summed E-state index contributed by atoms with van der Waals surface area (Å²) in [6.07, 6.45) is 1.57. The molecule has 1 aliphatic rings. The maximum Gasteiger partial charge on any atom is 0.387 e. The predicted molar refractivity (Wildman–Crippen MR) is 89.8 cm³/mol. The third-order valence-electron chi connectivity index (χ3n) is 4.21. The molecule has 2 rings (SSSR count). The van der Waals surface area contributed by atoms with Crippen molar-refractivity contribution in [1.29, 1.82) is 0 Å². The van der Waals surface area contributed by atoms with Crippen LogP contribution in [0.4, 0.5) is 8.78 Å². The number of ether oxygens (including phenoxy) is 2. The van der Waals surface area contributed by atoms with Crippen molar-refractivity contribution in [1.82, 2.24) is 10.2 Å². The second-order valence-corrected chi connectivity index (χ2v) is 6.12. The van der Waals surface area contributed by atoms with Crippen LogP contribution in [0.15, 0.2) is 18.2 Å². The zero-order valence-electron chi connectivity index (χ0n) is 14.5. The van der Waals surface area contributed by atoms with Gasteiger partial charge in [-0.2, -0.15) is 8.78 Å². The fourth-order valence-electron chi connectivity index (χ4n) is 2.91. The minimum absolute atomic E-state index is 0.0663. The van der Waals surface area contributed by atoms with Crippen LogP contribution in [0.5, 0.6) is 11.5 Å². The number of hydrogen-bond donors (Lipinski definition) is 2. The van der Waals surface area contributed by atoms with Crippen LogP contribution in [0.2, 0.25) is 0 Å². The van der Waals surface area contributed by atoms with E-state index in [1.807, 2.05) is 4.90 Å². The summed E-state index contributed by atoms with van der Waals surface area (Å²) in [5, 5.41) is 2.76. The van der Waals surface area contributed by atoms with Gasteiger partial charge in [-0.15, -0.1) is 0 Å². The Balaban J connectivity index is 1.86. The van der Waals surface area contributed by atoms with E-state index in [4.69, 9.17) is 10.5 Å². The summed E-state index contributed by atoms with van der Waals surface area (Å²) in [6, 6.07) is 4.47. The van der Waals surface area contributed by atoms with Gasteiger partial charge in [-0.3, -0.25) is 14.5 Å². The van der Waals surface area contributed by atoms with E-state index in [1.165, 1.54) is 19.2 Å². The van der Waals surface area contributed by atoms with Crippen LogP contribution in [0.25, 0.3) is 0 Å². The van der Waals surface area contributed by atoms with Gasteiger partial charge in [-0.1, -0.05) is 6.07 Å². The largest absolute Gasteiger partial charge is 0.493 e. The number of amides is 2. The van der Waals surface area contributed by atoms with Gasteiger partial charge in [0, 0.05) is 13.1 Å². The summed E-state index contributed by atoms with van der Waals surface area (Å²) in [5.74, 6) is -0.653. The number of alkyl halides is 2. The number of nitrogens with one attached hydrogen (secondary N) is 1. The highest BCUT2D eigenvalue weighted by atomic mass is 19.3. The van der Waals surface area contributed by atoms with Crippen LogP contribution in [0, 0.1) is 5.92 Å².